The third-order valence-corrected chi connectivity index (χ3v) is 5.37. The van der Waals surface area contributed by atoms with Crippen molar-refractivity contribution in [3.8, 4) is 0 Å². The molecule has 2 amide bonds. The van der Waals surface area contributed by atoms with E-state index in [9.17, 15) is 19.2 Å². The van der Waals surface area contributed by atoms with Crippen molar-refractivity contribution in [1.29, 1.82) is 0 Å². The number of nitrogens with zero attached hydrogens (tertiary/aromatic N) is 1. The number of benzene rings is 3. The third kappa shape index (κ3) is 4.32. The molecule has 0 aliphatic carbocycles. The molecule has 1 aliphatic rings. The largest absolute Gasteiger partial charge is 0.459 e. The van der Waals surface area contributed by atoms with E-state index in [1.165, 1.54) is 0 Å². The molecule has 7 heteroatoms. The molecule has 31 heavy (non-hydrogen) atoms. The lowest BCUT2D eigenvalue weighted by Gasteiger charge is -2.13. The first kappa shape index (κ1) is 20.7. The van der Waals surface area contributed by atoms with Crippen LogP contribution in [-0.2, 0) is 16.1 Å². The van der Waals surface area contributed by atoms with Crippen molar-refractivity contribution in [2.45, 2.75) is 6.61 Å². The summed E-state index contributed by atoms with van der Waals surface area (Å²) in [5.74, 6) is -1.84. The van der Waals surface area contributed by atoms with Crippen molar-refractivity contribution in [3.05, 3.63) is 105 Å². The van der Waals surface area contributed by atoms with Crippen LogP contribution < -0.4 is 0 Å². The second kappa shape index (κ2) is 8.65. The van der Waals surface area contributed by atoms with Gasteiger partial charge in [-0.05, 0) is 23.8 Å². The van der Waals surface area contributed by atoms with Crippen LogP contribution >= 0.6 is 15.9 Å². The number of fused-ring (bicyclic) bond motifs is 1. The minimum absolute atomic E-state index is 0.0344. The molecule has 154 valence electrons. The van der Waals surface area contributed by atoms with Gasteiger partial charge in [-0.2, -0.15) is 0 Å². The Bertz CT molecular complexity index is 1190. The molecule has 1 aliphatic heterocycles. The molecule has 4 rings (SSSR count). The highest BCUT2D eigenvalue weighted by Crippen LogP contribution is 2.26. The number of ketones is 1. The Kier molecular flexibility index (Phi) is 5.77. The van der Waals surface area contributed by atoms with Crippen LogP contribution in [0, 0.1) is 0 Å². The summed E-state index contributed by atoms with van der Waals surface area (Å²) in [5.41, 5.74) is 2.32. The van der Waals surface area contributed by atoms with Gasteiger partial charge in [-0.15, -0.1) is 0 Å². The van der Waals surface area contributed by atoms with E-state index in [0.717, 1.165) is 4.90 Å². The summed E-state index contributed by atoms with van der Waals surface area (Å²) in [5, 5.41) is 0. The number of esters is 1. The SMILES string of the molecule is O=C(CN1C(=O)c2ccc(Br)cc2C1=O)OCc1ccc(C(=O)c2ccccc2)cc1. The van der Waals surface area contributed by atoms with E-state index in [4.69, 9.17) is 4.74 Å². The second-order valence-corrected chi connectivity index (χ2v) is 7.85. The molecule has 1 heterocycles. The number of amides is 2. The van der Waals surface area contributed by atoms with Gasteiger partial charge in [0.15, 0.2) is 5.78 Å². The Morgan fingerprint density at radius 3 is 2.16 bits per heavy atom. The fourth-order valence-corrected chi connectivity index (χ4v) is 3.61. The maximum Gasteiger partial charge on any atom is 0.326 e. The highest BCUT2D eigenvalue weighted by Gasteiger charge is 2.37. The molecule has 3 aromatic rings. The number of carbonyl (C=O) groups is 4. The van der Waals surface area contributed by atoms with Gasteiger partial charge in [0.2, 0.25) is 0 Å². The normalized spacial score (nSPS) is 12.6. The Morgan fingerprint density at radius 2 is 1.45 bits per heavy atom. The summed E-state index contributed by atoms with van der Waals surface area (Å²) in [6.45, 7) is -0.498. The van der Waals surface area contributed by atoms with Crippen LogP contribution in [0.1, 0.15) is 42.2 Å². The van der Waals surface area contributed by atoms with E-state index in [2.05, 4.69) is 15.9 Å². The van der Waals surface area contributed by atoms with Crippen LogP contribution in [0.5, 0.6) is 0 Å². The molecule has 0 saturated carbocycles. The summed E-state index contributed by atoms with van der Waals surface area (Å²) in [7, 11) is 0. The summed E-state index contributed by atoms with van der Waals surface area (Å²) in [4.78, 5) is 50.3. The predicted octanol–water partition coefficient (Wildman–Crippen LogP) is 4.02. The van der Waals surface area contributed by atoms with Gasteiger partial charge >= 0.3 is 5.97 Å². The van der Waals surface area contributed by atoms with Gasteiger partial charge in [-0.25, -0.2) is 0 Å². The molecular weight excluding hydrogens is 462 g/mol. The van der Waals surface area contributed by atoms with E-state index < -0.39 is 24.3 Å². The zero-order valence-corrected chi connectivity index (χ0v) is 17.8. The predicted molar refractivity (Wildman–Crippen MR) is 116 cm³/mol. The smallest absolute Gasteiger partial charge is 0.326 e. The van der Waals surface area contributed by atoms with Crippen LogP contribution in [0.2, 0.25) is 0 Å². The first-order valence-electron chi connectivity index (χ1n) is 9.44. The van der Waals surface area contributed by atoms with E-state index >= 15 is 0 Å². The number of hydrogen-bond acceptors (Lipinski definition) is 5. The zero-order valence-electron chi connectivity index (χ0n) is 16.2. The Hall–Kier alpha value is -3.58. The molecule has 0 atom stereocenters. The van der Waals surface area contributed by atoms with Crippen molar-refractivity contribution in [3.63, 3.8) is 0 Å². The van der Waals surface area contributed by atoms with Crippen molar-refractivity contribution in [2.75, 3.05) is 6.54 Å². The highest BCUT2D eigenvalue weighted by molar-refractivity contribution is 9.10. The summed E-state index contributed by atoms with van der Waals surface area (Å²) in [6.07, 6.45) is 0. The molecular formula is C24H16BrNO5. The van der Waals surface area contributed by atoms with E-state index in [-0.39, 0.29) is 23.5 Å². The standard InChI is InChI=1S/C24H16BrNO5/c25-18-10-11-19-20(12-18)24(30)26(23(19)29)13-21(27)31-14-15-6-8-17(9-7-15)22(28)16-4-2-1-3-5-16/h1-12H,13-14H2. The van der Waals surface area contributed by atoms with Gasteiger partial charge in [0, 0.05) is 15.6 Å². The van der Waals surface area contributed by atoms with Crippen molar-refractivity contribution >= 4 is 39.5 Å². The van der Waals surface area contributed by atoms with Crippen LogP contribution in [0.4, 0.5) is 0 Å². The van der Waals surface area contributed by atoms with E-state index in [1.54, 1.807) is 66.7 Å². The van der Waals surface area contributed by atoms with Gasteiger partial charge in [0.1, 0.15) is 13.2 Å². The number of ether oxygens (including phenoxy) is 1. The highest BCUT2D eigenvalue weighted by atomic mass is 79.9. The molecule has 3 aromatic carbocycles. The molecule has 0 unspecified atom stereocenters. The molecule has 0 bridgehead atoms. The lowest BCUT2D eigenvalue weighted by atomic mass is 10.0. The summed E-state index contributed by atoms with van der Waals surface area (Å²) < 4.78 is 5.89. The van der Waals surface area contributed by atoms with Crippen LogP contribution in [0.3, 0.4) is 0 Å². The molecule has 0 radical (unpaired) electrons. The Morgan fingerprint density at radius 1 is 0.806 bits per heavy atom. The van der Waals surface area contributed by atoms with Gasteiger partial charge < -0.3 is 4.74 Å². The lowest BCUT2D eigenvalue weighted by molar-refractivity contribution is -0.145. The maximum absolute atomic E-state index is 12.4. The van der Waals surface area contributed by atoms with Gasteiger partial charge in [0.05, 0.1) is 11.1 Å². The molecule has 0 saturated heterocycles. The number of hydrogen-bond donors (Lipinski definition) is 0. The first-order valence-corrected chi connectivity index (χ1v) is 10.2. The molecule has 0 fully saturated rings. The lowest BCUT2D eigenvalue weighted by Crippen LogP contribution is -2.35. The zero-order chi connectivity index (χ0) is 22.0. The monoisotopic (exact) mass is 477 g/mol. The van der Waals surface area contributed by atoms with Crippen molar-refractivity contribution in [2.24, 2.45) is 0 Å². The molecule has 0 N–H and O–H groups in total. The van der Waals surface area contributed by atoms with Gasteiger partial charge in [0.25, 0.3) is 11.8 Å². The van der Waals surface area contributed by atoms with Crippen LogP contribution in [0.25, 0.3) is 0 Å². The maximum atomic E-state index is 12.4. The summed E-state index contributed by atoms with van der Waals surface area (Å²) in [6, 6.07) is 20.4. The quantitative estimate of drug-likeness (QED) is 0.304. The Balaban J connectivity index is 1.35. The van der Waals surface area contributed by atoms with Crippen LogP contribution in [-0.4, -0.2) is 35.0 Å². The molecule has 6 nitrogen and oxygen atoms in total. The number of halogens is 1. The first-order chi connectivity index (χ1) is 14.9. The number of carbonyl (C=O) groups excluding carboxylic acids is 4. The third-order valence-electron chi connectivity index (χ3n) is 4.87. The topological polar surface area (TPSA) is 80.8 Å². The number of imide groups is 1. The van der Waals surface area contributed by atoms with Gasteiger partial charge in [-0.3, -0.25) is 24.1 Å². The van der Waals surface area contributed by atoms with Crippen molar-refractivity contribution in [1.82, 2.24) is 4.90 Å². The van der Waals surface area contributed by atoms with Crippen molar-refractivity contribution < 1.29 is 23.9 Å². The van der Waals surface area contributed by atoms with E-state index in [1.807, 2.05) is 6.07 Å². The number of rotatable bonds is 6. The second-order valence-electron chi connectivity index (χ2n) is 6.94. The fraction of sp³-hybridized carbons (Fsp3) is 0.0833. The average Bonchev–Trinajstić information content (AvgIpc) is 3.02. The van der Waals surface area contributed by atoms with Crippen LogP contribution in [0.15, 0.2) is 77.3 Å². The Labute approximate surface area is 186 Å². The van der Waals surface area contributed by atoms with E-state index in [0.29, 0.717) is 21.2 Å². The fourth-order valence-electron chi connectivity index (χ4n) is 3.25. The minimum Gasteiger partial charge on any atom is -0.459 e. The van der Waals surface area contributed by atoms with Gasteiger partial charge in [-0.1, -0.05) is 70.5 Å². The minimum atomic E-state index is -0.696. The molecule has 0 spiro atoms. The molecule has 0 aromatic heterocycles. The summed E-state index contributed by atoms with van der Waals surface area (Å²) >= 11 is 3.27. The average molecular weight is 478 g/mol.